The minimum atomic E-state index is -1.17. The summed E-state index contributed by atoms with van der Waals surface area (Å²) in [6.07, 6.45) is -0.450. The Morgan fingerprint density at radius 2 is 1.52 bits per heavy atom. The Balaban J connectivity index is 1.08. The van der Waals surface area contributed by atoms with Crippen molar-refractivity contribution in [1.29, 1.82) is 0 Å². The van der Waals surface area contributed by atoms with Crippen molar-refractivity contribution < 1.29 is 59.1 Å². The summed E-state index contributed by atoms with van der Waals surface area (Å²) in [5, 5.41) is 65.3. The average Bonchev–Trinajstić information content (AvgIpc) is 3.56. The molecule has 2 heterocycles. The Bertz CT molecular complexity index is 1160. The third-order valence-corrected chi connectivity index (χ3v) is 15.6. The predicted octanol–water partition coefficient (Wildman–Crippen LogP) is 2.86. The molecule has 6 fully saturated rings. The van der Waals surface area contributed by atoms with Crippen molar-refractivity contribution in [2.75, 3.05) is 34.0 Å². The second-order valence-corrected chi connectivity index (χ2v) is 18.5. The van der Waals surface area contributed by atoms with E-state index in [1.165, 1.54) is 14.2 Å². The van der Waals surface area contributed by atoms with Crippen LogP contribution in [0.2, 0.25) is 0 Å². The van der Waals surface area contributed by atoms with Gasteiger partial charge in [-0.25, -0.2) is 0 Å². The zero-order chi connectivity index (χ0) is 37.7. The molecule has 302 valence electrons. The Labute approximate surface area is 310 Å². The fourth-order valence-electron chi connectivity index (χ4n) is 12.4. The van der Waals surface area contributed by atoms with Crippen molar-refractivity contribution in [3.05, 3.63) is 0 Å². The summed E-state index contributed by atoms with van der Waals surface area (Å²) < 4.78 is 35.1. The molecule has 0 bridgehead atoms. The van der Waals surface area contributed by atoms with E-state index in [0.29, 0.717) is 42.6 Å². The topological polar surface area (TPSA) is 177 Å². The highest BCUT2D eigenvalue weighted by Crippen LogP contribution is 2.68. The lowest BCUT2D eigenvalue weighted by Gasteiger charge is -2.62. The minimum absolute atomic E-state index is 0.0106. The van der Waals surface area contributed by atoms with Crippen LogP contribution in [0.25, 0.3) is 0 Å². The molecule has 0 radical (unpaired) electrons. The summed E-state index contributed by atoms with van der Waals surface area (Å²) >= 11 is 0. The van der Waals surface area contributed by atoms with Gasteiger partial charge in [-0.1, -0.05) is 41.0 Å². The quantitative estimate of drug-likeness (QED) is 0.163. The van der Waals surface area contributed by atoms with Crippen molar-refractivity contribution in [1.82, 2.24) is 0 Å². The number of ether oxygens (including phenoxy) is 6. The average molecular weight is 743 g/mol. The molecular weight excluding hydrogens is 672 g/mol. The minimum Gasteiger partial charge on any atom is -0.394 e. The number of aliphatic hydroxyl groups excluding tert-OH is 6. The highest BCUT2D eigenvalue weighted by atomic mass is 16.8. The molecule has 0 aromatic rings. The summed E-state index contributed by atoms with van der Waals surface area (Å²) in [4.78, 5) is 0. The van der Waals surface area contributed by atoms with E-state index in [0.717, 1.165) is 51.4 Å². The van der Waals surface area contributed by atoms with E-state index in [-0.39, 0.29) is 47.4 Å². The lowest BCUT2D eigenvalue weighted by molar-refractivity contribution is -0.310. The van der Waals surface area contributed by atoms with Crippen LogP contribution < -0.4 is 0 Å². The molecule has 0 unspecified atom stereocenters. The van der Waals surface area contributed by atoms with Crippen LogP contribution in [-0.2, 0) is 28.4 Å². The first-order valence-electron chi connectivity index (χ1n) is 20.3. The van der Waals surface area contributed by atoms with Gasteiger partial charge in [0.25, 0.3) is 0 Å². The molecule has 6 rings (SSSR count). The Morgan fingerprint density at radius 1 is 0.788 bits per heavy atom. The first-order valence-corrected chi connectivity index (χ1v) is 20.3. The molecular formula is C40H70O12. The number of rotatable bonds is 13. The fourth-order valence-corrected chi connectivity index (χ4v) is 12.4. The van der Waals surface area contributed by atoms with E-state index in [2.05, 4.69) is 34.6 Å². The summed E-state index contributed by atoms with van der Waals surface area (Å²) in [6, 6.07) is 0. The van der Waals surface area contributed by atoms with Gasteiger partial charge >= 0.3 is 0 Å². The molecule has 0 aromatic heterocycles. The number of methoxy groups -OCH3 is 2. The van der Waals surface area contributed by atoms with E-state index in [1.807, 2.05) is 0 Å². The second kappa shape index (κ2) is 16.5. The molecule has 20 atom stereocenters. The van der Waals surface area contributed by atoms with Crippen LogP contribution in [-0.4, -0.2) is 132 Å². The second-order valence-electron chi connectivity index (χ2n) is 18.5. The maximum atomic E-state index is 11.8. The van der Waals surface area contributed by atoms with Crippen LogP contribution in [0.5, 0.6) is 0 Å². The number of hydrogen-bond acceptors (Lipinski definition) is 12. The van der Waals surface area contributed by atoms with Gasteiger partial charge in [0.15, 0.2) is 12.6 Å². The van der Waals surface area contributed by atoms with Crippen LogP contribution in [0.3, 0.4) is 0 Å². The molecule has 12 heteroatoms. The lowest BCUT2D eigenvalue weighted by atomic mass is 9.43. The van der Waals surface area contributed by atoms with Gasteiger partial charge in [-0.05, 0) is 110 Å². The summed E-state index contributed by atoms with van der Waals surface area (Å²) in [5.41, 5.74) is 0.0249. The van der Waals surface area contributed by atoms with Crippen LogP contribution >= 0.6 is 0 Å². The Kier molecular flexibility index (Phi) is 13.1. The molecule has 2 saturated heterocycles. The Morgan fingerprint density at radius 3 is 2.19 bits per heavy atom. The van der Waals surface area contributed by atoms with Crippen LogP contribution in [0.4, 0.5) is 0 Å². The van der Waals surface area contributed by atoms with Gasteiger partial charge in [0.1, 0.15) is 36.6 Å². The zero-order valence-corrected chi connectivity index (χ0v) is 32.6. The number of hydrogen-bond donors (Lipinski definition) is 6. The Hall–Kier alpha value is -0.480. The van der Waals surface area contributed by atoms with Gasteiger partial charge in [-0.2, -0.15) is 0 Å². The van der Waals surface area contributed by atoms with Crippen molar-refractivity contribution in [2.45, 2.75) is 160 Å². The third-order valence-electron chi connectivity index (χ3n) is 15.6. The van der Waals surface area contributed by atoms with E-state index in [1.54, 1.807) is 0 Å². The largest absolute Gasteiger partial charge is 0.394 e. The zero-order valence-electron chi connectivity index (χ0n) is 32.6. The monoisotopic (exact) mass is 742 g/mol. The van der Waals surface area contributed by atoms with Crippen LogP contribution in [0.1, 0.15) is 92.4 Å². The maximum absolute atomic E-state index is 11.8. The van der Waals surface area contributed by atoms with Gasteiger partial charge < -0.3 is 59.1 Å². The molecule has 2 aliphatic heterocycles. The number of aliphatic hydroxyl groups is 6. The molecule has 4 aliphatic carbocycles. The molecule has 6 N–H and O–H groups in total. The van der Waals surface area contributed by atoms with Gasteiger partial charge in [0.05, 0.1) is 38.1 Å². The highest BCUT2D eigenvalue weighted by molar-refractivity contribution is 5.13. The van der Waals surface area contributed by atoms with Crippen LogP contribution in [0, 0.1) is 58.2 Å². The SMILES string of the molecule is CO[C@H]1[C@H](O[C@H]2[C@H](OC[C@H](CC[C@@H](C)[C@H]3C[C@@H](O)[C@H]4[C@@H]5C[C@H](O)[C@H]6C[C@@H](O)CC[C@]6(C)[C@H]5CC[C@@]43C)C(C)C)O[C@@H](CO)[C@@H]2O)OC[C@@H](OC)[C@@H]1O. The van der Waals surface area contributed by atoms with Gasteiger partial charge in [-0.3, -0.25) is 0 Å². The van der Waals surface area contributed by atoms with E-state index in [4.69, 9.17) is 28.4 Å². The normalized spacial score (nSPS) is 50.4. The lowest BCUT2D eigenvalue weighted by Crippen LogP contribution is -2.59. The third kappa shape index (κ3) is 7.52. The molecule has 52 heavy (non-hydrogen) atoms. The van der Waals surface area contributed by atoms with Crippen molar-refractivity contribution in [2.24, 2.45) is 58.2 Å². The summed E-state index contributed by atoms with van der Waals surface area (Å²) in [7, 11) is 2.93. The molecule has 0 amide bonds. The molecule has 12 nitrogen and oxygen atoms in total. The van der Waals surface area contributed by atoms with Crippen LogP contribution in [0.15, 0.2) is 0 Å². The number of fused-ring (bicyclic) bond motifs is 5. The predicted molar refractivity (Wildman–Crippen MR) is 191 cm³/mol. The van der Waals surface area contributed by atoms with E-state index in [9.17, 15) is 30.6 Å². The molecule has 0 spiro atoms. The van der Waals surface area contributed by atoms with Crippen molar-refractivity contribution >= 4 is 0 Å². The standard InChI is InChI=1S/C40H70O12/c1-20(2)22(18-49-38-36(33(45)30(17-41)51-38)52-37-35(48-7)34(46)31(47-6)19-50-37)9-8-21(3)26-16-29(44)32-24-15-28(43)27-14-23(42)10-12-39(27,4)25(24)11-13-40(26,32)5/h20-38,41-46H,8-19H2,1-7H3/t21-,22+,23+,24-,25+,26-,27-,28+,29-,30+,31-,32-,33+,34+,35-,36-,37+,38-,39-,40-/m1/s1. The molecule has 0 aromatic carbocycles. The van der Waals surface area contributed by atoms with E-state index >= 15 is 0 Å². The van der Waals surface area contributed by atoms with E-state index < -0.39 is 61.9 Å². The van der Waals surface area contributed by atoms with Crippen molar-refractivity contribution in [3.8, 4) is 0 Å². The first-order chi connectivity index (χ1) is 24.7. The molecule has 6 aliphatic rings. The first kappa shape index (κ1) is 41.2. The molecule has 4 saturated carbocycles. The van der Waals surface area contributed by atoms with Crippen molar-refractivity contribution in [3.63, 3.8) is 0 Å². The van der Waals surface area contributed by atoms with Gasteiger partial charge in [0, 0.05) is 14.2 Å². The summed E-state index contributed by atoms with van der Waals surface area (Å²) in [5.74, 6) is 2.37. The fraction of sp³-hybridized carbons (Fsp3) is 1.00. The smallest absolute Gasteiger partial charge is 0.187 e. The van der Waals surface area contributed by atoms with Gasteiger partial charge in [0.2, 0.25) is 0 Å². The maximum Gasteiger partial charge on any atom is 0.187 e. The van der Waals surface area contributed by atoms with Gasteiger partial charge in [-0.15, -0.1) is 0 Å². The summed E-state index contributed by atoms with van der Waals surface area (Å²) in [6.45, 7) is 11.5. The highest BCUT2D eigenvalue weighted by Gasteiger charge is 2.64.